The maximum Gasteiger partial charge on any atom is 0.319 e. The Balaban J connectivity index is 1.57. The lowest BCUT2D eigenvalue weighted by atomic mass is 10.0. The van der Waals surface area contributed by atoms with Gasteiger partial charge in [-0.25, -0.2) is 22.0 Å². The molecule has 152 valence electrons. The first-order valence-corrected chi connectivity index (χ1v) is 11.3. The third-order valence-electron chi connectivity index (χ3n) is 4.60. The van der Waals surface area contributed by atoms with Crippen LogP contribution in [0.15, 0.2) is 39.9 Å². The van der Waals surface area contributed by atoms with E-state index in [0.717, 1.165) is 25.0 Å². The molecule has 1 aliphatic heterocycles. The first kappa shape index (κ1) is 20.7. The number of nitrogens with one attached hydrogen (secondary N) is 2. The van der Waals surface area contributed by atoms with Gasteiger partial charge in [-0.1, -0.05) is 18.6 Å². The first-order valence-electron chi connectivity index (χ1n) is 8.94. The SMILES string of the molecule is O=C(NCCC1CCCCN1S(=O)(=O)c1cccs1)Nc1c(F)cccc1F. The van der Waals surface area contributed by atoms with Gasteiger partial charge in [-0.2, -0.15) is 4.31 Å². The fourth-order valence-electron chi connectivity index (χ4n) is 3.23. The molecule has 1 aromatic heterocycles. The van der Waals surface area contributed by atoms with Crippen molar-refractivity contribution in [3.63, 3.8) is 0 Å². The molecule has 0 bridgehead atoms. The number of carbonyl (C=O) groups excluding carboxylic acids is 1. The number of halogens is 2. The van der Waals surface area contributed by atoms with E-state index >= 15 is 0 Å². The standard InChI is InChI=1S/C18H21F2N3O3S2/c19-14-6-3-7-15(20)17(14)22-18(24)21-10-9-13-5-1-2-11-23(13)28(25,26)16-8-4-12-27-16/h3-4,6-8,12-13H,1-2,5,9-11H2,(H2,21,22,24). The maximum absolute atomic E-state index is 13.6. The number of thiophene rings is 1. The van der Waals surface area contributed by atoms with E-state index in [-0.39, 0.29) is 12.6 Å². The fraction of sp³-hybridized carbons (Fsp3) is 0.389. The van der Waals surface area contributed by atoms with E-state index in [2.05, 4.69) is 10.6 Å². The van der Waals surface area contributed by atoms with Crippen molar-refractivity contribution in [3.05, 3.63) is 47.3 Å². The van der Waals surface area contributed by atoms with Gasteiger partial charge in [0.25, 0.3) is 10.0 Å². The van der Waals surface area contributed by atoms with Crippen LogP contribution in [0.5, 0.6) is 0 Å². The Morgan fingerprint density at radius 1 is 1.18 bits per heavy atom. The van der Waals surface area contributed by atoms with Crippen molar-refractivity contribution in [2.75, 3.05) is 18.4 Å². The number of para-hydroxylation sites is 1. The molecule has 0 radical (unpaired) electrons. The Bertz CT molecular complexity index is 900. The molecule has 28 heavy (non-hydrogen) atoms. The second-order valence-electron chi connectivity index (χ2n) is 6.46. The number of rotatable bonds is 6. The summed E-state index contributed by atoms with van der Waals surface area (Å²) in [7, 11) is -3.55. The minimum Gasteiger partial charge on any atom is -0.338 e. The number of sulfonamides is 1. The second-order valence-corrected chi connectivity index (χ2v) is 9.53. The van der Waals surface area contributed by atoms with E-state index in [9.17, 15) is 22.0 Å². The zero-order chi connectivity index (χ0) is 20.1. The average Bonchev–Trinajstić information content (AvgIpc) is 3.21. The van der Waals surface area contributed by atoms with Crippen LogP contribution in [0.1, 0.15) is 25.7 Å². The Labute approximate surface area is 166 Å². The second kappa shape index (κ2) is 8.97. The lowest BCUT2D eigenvalue weighted by molar-refractivity contribution is 0.234. The molecule has 2 N–H and O–H groups in total. The molecule has 0 aliphatic carbocycles. The van der Waals surface area contributed by atoms with Gasteiger partial charge in [-0.15, -0.1) is 11.3 Å². The van der Waals surface area contributed by atoms with Gasteiger partial charge in [0.2, 0.25) is 0 Å². The highest BCUT2D eigenvalue weighted by Gasteiger charge is 2.33. The van der Waals surface area contributed by atoms with Gasteiger partial charge in [0.1, 0.15) is 21.5 Å². The number of piperidine rings is 1. The quantitative estimate of drug-likeness (QED) is 0.734. The molecule has 1 aliphatic rings. The number of anilines is 1. The first-order chi connectivity index (χ1) is 13.4. The molecule has 10 heteroatoms. The van der Waals surface area contributed by atoms with Crippen molar-refractivity contribution in [3.8, 4) is 0 Å². The van der Waals surface area contributed by atoms with E-state index < -0.39 is 33.4 Å². The third kappa shape index (κ3) is 4.68. The minimum atomic E-state index is -3.55. The number of carbonyl (C=O) groups is 1. The number of amides is 2. The number of hydrogen-bond acceptors (Lipinski definition) is 4. The Kier molecular flexibility index (Phi) is 6.63. The Hall–Kier alpha value is -2.04. The maximum atomic E-state index is 13.6. The number of benzene rings is 1. The van der Waals surface area contributed by atoms with Crippen molar-refractivity contribution in [2.45, 2.75) is 35.9 Å². The normalized spacial score (nSPS) is 18.0. The zero-order valence-corrected chi connectivity index (χ0v) is 16.7. The summed E-state index contributed by atoms with van der Waals surface area (Å²) >= 11 is 1.18. The Morgan fingerprint density at radius 3 is 2.61 bits per heavy atom. The molecule has 6 nitrogen and oxygen atoms in total. The summed E-state index contributed by atoms with van der Waals surface area (Å²) in [5.41, 5.74) is -0.514. The molecule has 1 aromatic carbocycles. The topological polar surface area (TPSA) is 78.5 Å². The molecule has 1 atom stereocenters. The van der Waals surface area contributed by atoms with Crippen LogP contribution in [0, 0.1) is 11.6 Å². The van der Waals surface area contributed by atoms with Crippen molar-refractivity contribution in [2.24, 2.45) is 0 Å². The molecular weight excluding hydrogens is 408 g/mol. The van der Waals surface area contributed by atoms with Gasteiger partial charge in [0.05, 0.1) is 0 Å². The van der Waals surface area contributed by atoms with E-state index in [4.69, 9.17) is 0 Å². The van der Waals surface area contributed by atoms with E-state index in [1.807, 2.05) is 0 Å². The van der Waals surface area contributed by atoms with Crippen molar-refractivity contribution in [1.29, 1.82) is 0 Å². The monoisotopic (exact) mass is 429 g/mol. The largest absolute Gasteiger partial charge is 0.338 e. The van der Waals surface area contributed by atoms with Crippen LogP contribution < -0.4 is 10.6 Å². The van der Waals surface area contributed by atoms with Gasteiger partial charge < -0.3 is 10.6 Å². The van der Waals surface area contributed by atoms with Crippen LogP contribution in [0.25, 0.3) is 0 Å². The summed E-state index contributed by atoms with van der Waals surface area (Å²) in [6.07, 6.45) is 2.82. The summed E-state index contributed by atoms with van der Waals surface area (Å²) < 4.78 is 54.6. The highest BCUT2D eigenvalue weighted by molar-refractivity contribution is 7.91. The summed E-state index contributed by atoms with van der Waals surface area (Å²) in [6, 6.07) is 5.62. The molecule has 1 unspecified atom stereocenters. The van der Waals surface area contributed by atoms with Crippen LogP contribution in [0.4, 0.5) is 19.3 Å². The van der Waals surface area contributed by atoms with Crippen LogP contribution in [0.3, 0.4) is 0 Å². The van der Waals surface area contributed by atoms with Gasteiger partial charge in [-0.05, 0) is 42.8 Å². The lowest BCUT2D eigenvalue weighted by Crippen LogP contribution is -2.45. The molecule has 0 saturated carbocycles. The number of urea groups is 1. The molecule has 2 heterocycles. The van der Waals surface area contributed by atoms with Crippen molar-refractivity contribution < 1.29 is 22.0 Å². The zero-order valence-electron chi connectivity index (χ0n) is 15.0. The fourth-order valence-corrected chi connectivity index (χ4v) is 6.08. The summed E-state index contributed by atoms with van der Waals surface area (Å²) in [5.74, 6) is -1.73. The molecule has 2 aromatic rings. The van der Waals surface area contributed by atoms with Gasteiger partial charge in [0.15, 0.2) is 0 Å². The summed E-state index contributed by atoms with van der Waals surface area (Å²) in [6.45, 7) is 0.626. The van der Waals surface area contributed by atoms with E-state index in [1.165, 1.54) is 21.7 Å². The van der Waals surface area contributed by atoms with Gasteiger partial charge in [0, 0.05) is 19.1 Å². The average molecular weight is 430 g/mol. The number of hydrogen-bond donors (Lipinski definition) is 2. The Morgan fingerprint density at radius 2 is 1.93 bits per heavy atom. The summed E-state index contributed by atoms with van der Waals surface area (Å²) in [4.78, 5) is 11.9. The van der Waals surface area contributed by atoms with Crippen LogP contribution >= 0.6 is 11.3 Å². The smallest absolute Gasteiger partial charge is 0.319 e. The van der Waals surface area contributed by atoms with Crippen LogP contribution in [0.2, 0.25) is 0 Å². The lowest BCUT2D eigenvalue weighted by Gasteiger charge is -2.34. The minimum absolute atomic E-state index is 0.184. The molecule has 3 rings (SSSR count). The molecule has 1 fully saturated rings. The van der Waals surface area contributed by atoms with Crippen LogP contribution in [-0.2, 0) is 10.0 Å². The third-order valence-corrected chi connectivity index (χ3v) is 7.92. The number of nitrogens with zero attached hydrogens (tertiary/aromatic N) is 1. The van der Waals surface area contributed by atoms with Crippen LogP contribution in [-0.4, -0.2) is 37.9 Å². The van der Waals surface area contributed by atoms with E-state index in [1.54, 1.807) is 17.5 Å². The van der Waals surface area contributed by atoms with Gasteiger partial charge >= 0.3 is 6.03 Å². The molecular formula is C18H21F2N3O3S2. The van der Waals surface area contributed by atoms with Crippen molar-refractivity contribution in [1.82, 2.24) is 9.62 Å². The molecule has 0 spiro atoms. The van der Waals surface area contributed by atoms with Gasteiger partial charge in [-0.3, -0.25) is 0 Å². The highest BCUT2D eigenvalue weighted by Crippen LogP contribution is 2.29. The predicted molar refractivity (Wildman–Crippen MR) is 104 cm³/mol. The highest BCUT2D eigenvalue weighted by atomic mass is 32.2. The molecule has 2 amide bonds. The predicted octanol–water partition coefficient (Wildman–Crippen LogP) is 3.78. The van der Waals surface area contributed by atoms with E-state index in [0.29, 0.717) is 23.6 Å². The molecule has 1 saturated heterocycles. The summed E-state index contributed by atoms with van der Waals surface area (Å²) in [5, 5.41) is 6.41. The van der Waals surface area contributed by atoms with Crippen molar-refractivity contribution >= 4 is 33.1 Å².